The Kier molecular flexibility index (Phi) is 7.75. The van der Waals surface area contributed by atoms with Crippen molar-refractivity contribution in [1.82, 2.24) is 10.6 Å². The average Bonchev–Trinajstić information content (AvgIpc) is 2.50. The molecule has 0 unspecified atom stereocenters. The average molecular weight is 304 g/mol. The van der Waals surface area contributed by atoms with Gasteiger partial charge >= 0.3 is 6.09 Å². The van der Waals surface area contributed by atoms with E-state index in [1.807, 2.05) is 44.2 Å². The predicted molar refractivity (Wildman–Crippen MR) is 86.2 cm³/mol. The highest BCUT2D eigenvalue weighted by atomic mass is 16.5. The number of hydrogen-bond donors (Lipinski definition) is 2. The summed E-state index contributed by atoms with van der Waals surface area (Å²) in [5.74, 6) is 0.0409. The number of rotatable bonds is 8. The number of alkyl carbamates (subject to hydrolysis) is 1. The molecular weight excluding hydrogens is 280 g/mol. The Balaban J connectivity index is 2.50. The van der Waals surface area contributed by atoms with Crippen LogP contribution >= 0.6 is 0 Å². The minimum absolute atomic E-state index is 0.176. The van der Waals surface area contributed by atoms with Gasteiger partial charge in [0.2, 0.25) is 5.91 Å². The third kappa shape index (κ3) is 6.92. The monoisotopic (exact) mass is 304 g/mol. The summed E-state index contributed by atoms with van der Waals surface area (Å²) >= 11 is 0. The first-order valence-corrected chi connectivity index (χ1v) is 7.38. The molecule has 0 aliphatic carbocycles. The van der Waals surface area contributed by atoms with Crippen molar-refractivity contribution in [2.24, 2.45) is 5.92 Å². The van der Waals surface area contributed by atoms with E-state index in [2.05, 4.69) is 17.2 Å². The number of nitrogens with one attached hydrogen (secondary N) is 2. The number of amides is 2. The molecule has 0 heterocycles. The van der Waals surface area contributed by atoms with Crippen LogP contribution in [0.25, 0.3) is 0 Å². The van der Waals surface area contributed by atoms with Crippen molar-refractivity contribution in [2.45, 2.75) is 32.9 Å². The van der Waals surface area contributed by atoms with Crippen molar-refractivity contribution >= 4 is 12.0 Å². The Hall–Kier alpha value is -2.30. The first-order valence-electron chi connectivity index (χ1n) is 7.38. The van der Waals surface area contributed by atoms with E-state index in [0.717, 1.165) is 5.56 Å². The topological polar surface area (TPSA) is 67.4 Å². The highest BCUT2D eigenvalue weighted by molar-refractivity contribution is 5.85. The third-order valence-electron chi connectivity index (χ3n) is 2.95. The van der Waals surface area contributed by atoms with Crippen molar-refractivity contribution in [3.63, 3.8) is 0 Å². The Morgan fingerprint density at radius 2 is 1.95 bits per heavy atom. The second-order valence-electron chi connectivity index (χ2n) is 5.42. The van der Waals surface area contributed by atoms with Gasteiger partial charge in [0.1, 0.15) is 12.6 Å². The highest BCUT2D eigenvalue weighted by Gasteiger charge is 2.22. The number of carbonyl (C=O) groups excluding carboxylic acids is 2. The van der Waals surface area contributed by atoms with E-state index in [1.54, 1.807) is 6.08 Å². The quantitative estimate of drug-likeness (QED) is 0.726. The van der Waals surface area contributed by atoms with Gasteiger partial charge in [-0.25, -0.2) is 4.79 Å². The molecule has 22 heavy (non-hydrogen) atoms. The van der Waals surface area contributed by atoms with Gasteiger partial charge in [-0.3, -0.25) is 4.79 Å². The summed E-state index contributed by atoms with van der Waals surface area (Å²) in [6.07, 6.45) is 1.55. The van der Waals surface area contributed by atoms with Crippen molar-refractivity contribution in [2.75, 3.05) is 6.54 Å². The number of carbonyl (C=O) groups is 2. The molecule has 0 spiro atoms. The van der Waals surface area contributed by atoms with Crippen LogP contribution in [0.4, 0.5) is 4.79 Å². The van der Waals surface area contributed by atoms with E-state index in [1.165, 1.54) is 0 Å². The van der Waals surface area contributed by atoms with E-state index in [4.69, 9.17) is 4.74 Å². The van der Waals surface area contributed by atoms with Crippen molar-refractivity contribution in [3.8, 4) is 0 Å². The van der Waals surface area contributed by atoms with Crippen LogP contribution in [-0.2, 0) is 16.1 Å². The highest BCUT2D eigenvalue weighted by Crippen LogP contribution is 2.06. The SMILES string of the molecule is C=CCNC(=O)[C@H](CC(C)C)NC(=O)OCc1ccccc1. The molecule has 0 aliphatic heterocycles. The molecule has 1 aromatic carbocycles. The molecule has 2 amide bonds. The first kappa shape index (κ1) is 17.8. The predicted octanol–water partition coefficient (Wildman–Crippen LogP) is 2.63. The molecule has 1 atom stereocenters. The molecule has 0 fully saturated rings. The Labute approximate surface area is 131 Å². The summed E-state index contributed by atoms with van der Waals surface area (Å²) in [7, 11) is 0. The van der Waals surface area contributed by atoms with E-state index in [0.29, 0.717) is 13.0 Å². The van der Waals surface area contributed by atoms with Crippen molar-refractivity contribution in [1.29, 1.82) is 0 Å². The third-order valence-corrected chi connectivity index (χ3v) is 2.95. The molecule has 120 valence electrons. The maximum Gasteiger partial charge on any atom is 0.408 e. The zero-order valence-electron chi connectivity index (χ0n) is 13.2. The van der Waals surface area contributed by atoms with Gasteiger partial charge in [0.05, 0.1) is 0 Å². The summed E-state index contributed by atoms with van der Waals surface area (Å²) in [6.45, 7) is 8.08. The Bertz CT molecular complexity index is 486. The van der Waals surface area contributed by atoms with Gasteiger partial charge in [-0.15, -0.1) is 6.58 Å². The number of benzene rings is 1. The molecule has 0 radical (unpaired) electrons. The van der Waals surface area contributed by atoms with Crippen LogP contribution < -0.4 is 10.6 Å². The molecule has 5 heteroatoms. The van der Waals surface area contributed by atoms with Crippen LogP contribution in [0, 0.1) is 5.92 Å². The summed E-state index contributed by atoms with van der Waals surface area (Å²) in [4.78, 5) is 23.9. The van der Waals surface area contributed by atoms with Crippen molar-refractivity contribution in [3.05, 3.63) is 48.6 Å². The van der Waals surface area contributed by atoms with Crippen LogP contribution in [0.2, 0.25) is 0 Å². The minimum Gasteiger partial charge on any atom is -0.445 e. The lowest BCUT2D eigenvalue weighted by molar-refractivity contribution is -0.123. The fraction of sp³-hybridized carbons (Fsp3) is 0.412. The number of ether oxygens (including phenoxy) is 1. The van der Waals surface area contributed by atoms with Gasteiger partial charge in [-0.2, -0.15) is 0 Å². The standard InChI is InChI=1S/C17H24N2O3/c1-4-10-18-16(20)15(11-13(2)3)19-17(21)22-12-14-8-6-5-7-9-14/h4-9,13,15H,1,10-12H2,2-3H3,(H,18,20)(H,19,21)/t15-/m0/s1. The van der Waals surface area contributed by atoms with Gasteiger partial charge < -0.3 is 15.4 Å². The summed E-state index contributed by atoms with van der Waals surface area (Å²) in [5.41, 5.74) is 0.897. The van der Waals surface area contributed by atoms with Gasteiger partial charge in [-0.05, 0) is 17.9 Å². The second-order valence-corrected chi connectivity index (χ2v) is 5.42. The fourth-order valence-electron chi connectivity index (χ4n) is 1.91. The maximum atomic E-state index is 12.0. The van der Waals surface area contributed by atoms with Crippen molar-refractivity contribution < 1.29 is 14.3 Å². The Morgan fingerprint density at radius 1 is 1.27 bits per heavy atom. The zero-order valence-corrected chi connectivity index (χ0v) is 13.2. The maximum absolute atomic E-state index is 12.0. The lowest BCUT2D eigenvalue weighted by Crippen LogP contribution is -2.47. The molecule has 0 bridgehead atoms. The van der Waals surface area contributed by atoms with E-state index in [9.17, 15) is 9.59 Å². The fourth-order valence-corrected chi connectivity index (χ4v) is 1.91. The molecule has 0 saturated heterocycles. The van der Waals surface area contributed by atoms with E-state index in [-0.39, 0.29) is 18.4 Å². The van der Waals surface area contributed by atoms with Crippen LogP contribution in [0.1, 0.15) is 25.8 Å². The second kappa shape index (κ2) is 9.60. The molecule has 0 saturated carbocycles. The molecule has 1 aromatic rings. The minimum atomic E-state index is -0.608. The van der Waals surface area contributed by atoms with Gasteiger partial charge in [0.25, 0.3) is 0 Å². The lowest BCUT2D eigenvalue weighted by atomic mass is 10.0. The number of hydrogen-bond acceptors (Lipinski definition) is 3. The summed E-state index contributed by atoms with van der Waals surface area (Å²) in [5, 5.41) is 5.31. The van der Waals surface area contributed by atoms with Crippen LogP contribution in [0.5, 0.6) is 0 Å². The van der Waals surface area contributed by atoms with E-state index >= 15 is 0 Å². The molecule has 5 nitrogen and oxygen atoms in total. The normalized spacial score (nSPS) is 11.6. The molecule has 2 N–H and O–H groups in total. The van der Waals surface area contributed by atoms with Gasteiger partial charge in [0, 0.05) is 6.54 Å². The van der Waals surface area contributed by atoms with Crippen LogP contribution in [-0.4, -0.2) is 24.6 Å². The van der Waals surface area contributed by atoms with Crippen LogP contribution in [0.15, 0.2) is 43.0 Å². The van der Waals surface area contributed by atoms with E-state index < -0.39 is 12.1 Å². The molecule has 0 aliphatic rings. The van der Waals surface area contributed by atoms with Gasteiger partial charge in [-0.1, -0.05) is 50.3 Å². The first-order chi connectivity index (χ1) is 10.5. The zero-order chi connectivity index (χ0) is 16.4. The molecule has 1 rings (SSSR count). The largest absolute Gasteiger partial charge is 0.445 e. The lowest BCUT2D eigenvalue weighted by Gasteiger charge is -2.19. The Morgan fingerprint density at radius 3 is 2.55 bits per heavy atom. The van der Waals surface area contributed by atoms with Gasteiger partial charge in [0.15, 0.2) is 0 Å². The summed E-state index contributed by atoms with van der Waals surface area (Å²) in [6, 6.07) is 8.78. The van der Waals surface area contributed by atoms with Crippen LogP contribution in [0.3, 0.4) is 0 Å². The molecular formula is C17H24N2O3. The smallest absolute Gasteiger partial charge is 0.408 e. The summed E-state index contributed by atoms with van der Waals surface area (Å²) < 4.78 is 5.14. The molecule has 0 aromatic heterocycles.